The molecule has 2 fully saturated rings. The first-order valence-corrected chi connectivity index (χ1v) is 17.0. The monoisotopic (exact) mass is 741 g/mol. The Hall–Kier alpha value is -4.89. The van der Waals surface area contributed by atoms with Gasteiger partial charge in [-0.2, -0.15) is 0 Å². The van der Waals surface area contributed by atoms with Crippen molar-refractivity contribution in [3.05, 3.63) is 0 Å². The summed E-state index contributed by atoms with van der Waals surface area (Å²) in [6.45, 7) is 3.76. The van der Waals surface area contributed by atoms with Crippen LogP contribution in [-0.4, -0.2) is 143 Å². The predicted octanol–water partition coefficient (Wildman–Crippen LogP) is -5.59. The van der Waals surface area contributed by atoms with E-state index in [1.165, 1.54) is 6.92 Å². The van der Waals surface area contributed by atoms with Crippen LogP contribution in [-0.2, 0) is 38.4 Å². The lowest BCUT2D eigenvalue weighted by atomic mass is 9.90. The molecule has 292 valence electrons. The standard InChI is InChI=1S/C31H51N9O12/c1-5-14(3)17-9-33-23(45)10-35-27(48)18(6-2)36-29(50)25(15(4)21(43)13-41)39-28(49)20-7-16(42)12-40(20)30(51)19(8-22(32)44)37-31(52)38-24(46)11-34-26(17)47/h14-21,25,41-43H,5-13H2,1-4H3,(H2,32,44)(H,33,45)(H,34,47)(H,35,48)(H,36,50)(H,39,49)(H2,37,38,46,52)/t14-,15?,16+,17-,18+,19-,20-,21?,25-/m0/s1. The van der Waals surface area contributed by atoms with Gasteiger partial charge < -0.3 is 57.9 Å². The van der Waals surface area contributed by atoms with Crippen LogP contribution in [0.3, 0.4) is 0 Å². The topological polar surface area (TPSA) is 328 Å². The van der Waals surface area contributed by atoms with Crippen LogP contribution in [0.25, 0.3) is 0 Å². The molecule has 21 heteroatoms. The summed E-state index contributed by atoms with van der Waals surface area (Å²) in [6.07, 6.45) is -3.42. The zero-order valence-corrected chi connectivity index (χ0v) is 29.6. The molecule has 0 aromatic carbocycles. The number of carbonyl (C=O) groups is 9. The second-order valence-electron chi connectivity index (χ2n) is 12.9. The fourth-order valence-corrected chi connectivity index (χ4v) is 5.67. The molecular formula is C31H51N9O12. The first-order valence-electron chi connectivity index (χ1n) is 17.0. The number of primary amides is 1. The first-order chi connectivity index (χ1) is 24.4. The maximum Gasteiger partial charge on any atom is 0.322 e. The summed E-state index contributed by atoms with van der Waals surface area (Å²) in [5, 5.41) is 46.6. The van der Waals surface area contributed by atoms with Gasteiger partial charge in [0.25, 0.3) is 0 Å². The van der Waals surface area contributed by atoms with E-state index in [2.05, 4.69) is 31.9 Å². The number of urea groups is 1. The summed E-state index contributed by atoms with van der Waals surface area (Å²) < 4.78 is 0. The maximum absolute atomic E-state index is 13.7. The van der Waals surface area contributed by atoms with Crippen molar-refractivity contribution in [2.75, 3.05) is 32.8 Å². The second kappa shape index (κ2) is 20.2. The van der Waals surface area contributed by atoms with Crippen molar-refractivity contribution in [3.63, 3.8) is 0 Å². The molecule has 0 aromatic rings. The zero-order valence-electron chi connectivity index (χ0n) is 29.6. The minimum atomic E-state index is -1.73. The van der Waals surface area contributed by atoms with Crippen LogP contribution >= 0.6 is 0 Å². The van der Waals surface area contributed by atoms with E-state index in [0.717, 1.165) is 4.90 Å². The molecular weight excluding hydrogens is 690 g/mol. The number of nitrogens with two attached hydrogens (primary N) is 1. The Bertz CT molecular complexity index is 1360. The Morgan fingerprint density at radius 1 is 0.865 bits per heavy atom. The zero-order chi connectivity index (χ0) is 39.3. The van der Waals surface area contributed by atoms with Gasteiger partial charge in [-0.05, 0) is 12.3 Å². The van der Waals surface area contributed by atoms with Crippen LogP contribution in [0.4, 0.5) is 4.79 Å². The molecule has 2 heterocycles. The lowest BCUT2D eigenvalue weighted by Crippen LogP contribution is -2.61. The van der Waals surface area contributed by atoms with Crippen LogP contribution in [0.5, 0.6) is 0 Å². The molecule has 2 aliphatic rings. The lowest BCUT2D eigenvalue weighted by molar-refractivity contribution is -0.142. The average Bonchev–Trinajstić information content (AvgIpc) is 3.50. The molecule has 21 nitrogen and oxygen atoms in total. The van der Waals surface area contributed by atoms with Gasteiger partial charge in [0, 0.05) is 25.4 Å². The molecule has 0 aromatic heterocycles. The van der Waals surface area contributed by atoms with E-state index in [0.29, 0.717) is 6.42 Å². The molecule has 0 spiro atoms. The van der Waals surface area contributed by atoms with Crippen LogP contribution in [0.2, 0.25) is 0 Å². The van der Waals surface area contributed by atoms with Gasteiger partial charge >= 0.3 is 6.03 Å². The minimum absolute atomic E-state index is 0.0186. The Labute approximate surface area is 299 Å². The number of nitrogens with zero attached hydrogens (tertiary/aromatic N) is 1. The molecule has 2 rings (SSSR count). The van der Waals surface area contributed by atoms with E-state index in [1.807, 2.05) is 5.32 Å². The number of carbonyl (C=O) groups excluding carboxylic acids is 9. The van der Waals surface area contributed by atoms with Crippen molar-refractivity contribution >= 4 is 53.3 Å². The van der Waals surface area contributed by atoms with Gasteiger partial charge in [0.2, 0.25) is 47.3 Å². The van der Waals surface area contributed by atoms with Gasteiger partial charge in [-0.3, -0.25) is 43.7 Å². The summed E-state index contributed by atoms with van der Waals surface area (Å²) in [5.41, 5.74) is 5.30. The lowest BCUT2D eigenvalue weighted by Gasteiger charge is -2.32. The normalized spacial score (nSPS) is 28.3. The van der Waals surface area contributed by atoms with E-state index in [9.17, 15) is 58.5 Å². The average molecular weight is 742 g/mol. The fraction of sp³-hybridized carbons (Fsp3) is 0.710. The number of nitrogens with one attached hydrogen (secondary N) is 7. The highest BCUT2D eigenvalue weighted by Gasteiger charge is 2.44. The molecule has 10 amide bonds. The summed E-state index contributed by atoms with van der Waals surface area (Å²) in [5.74, 6) is -9.45. The molecule has 0 bridgehead atoms. The number of hydrogen-bond acceptors (Lipinski definition) is 12. The third kappa shape index (κ3) is 12.4. The Morgan fingerprint density at radius 3 is 2.10 bits per heavy atom. The van der Waals surface area contributed by atoms with Crippen LogP contribution in [0.1, 0.15) is 53.4 Å². The fourth-order valence-electron chi connectivity index (χ4n) is 5.67. The van der Waals surface area contributed by atoms with Crippen LogP contribution in [0.15, 0.2) is 0 Å². The minimum Gasteiger partial charge on any atom is -0.394 e. The highest BCUT2D eigenvalue weighted by molar-refractivity contribution is 6.00. The van der Waals surface area contributed by atoms with Gasteiger partial charge in [0.1, 0.15) is 24.2 Å². The van der Waals surface area contributed by atoms with Crippen molar-refractivity contribution in [1.29, 1.82) is 0 Å². The largest absolute Gasteiger partial charge is 0.394 e. The van der Waals surface area contributed by atoms with Crippen molar-refractivity contribution in [3.8, 4) is 0 Å². The van der Waals surface area contributed by atoms with Crippen LogP contribution < -0.4 is 43.0 Å². The summed E-state index contributed by atoms with van der Waals surface area (Å²) in [4.78, 5) is 117. The predicted molar refractivity (Wildman–Crippen MR) is 179 cm³/mol. The molecule has 12 N–H and O–H groups in total. The molecule has 9 atom stereocenters. The first kappa shape index (κ1) is 43.3. The van der Waals surface area contributed by atoms with Crippen molar-refractivity contribution in [1.82, 2.24) is 42.1 Å². The van der Waals surface area contributed by atoms with E-state index < -0.39 is 134 Å². The quantitative estimate of drug-likeness (QED) is 0.111. The highest BCUT2D eigenvalue weighted by atomic mass is 16.3. The number of aliphatic hydroxyl groups excluding tert-OH is 3. The van der Waals surface area contributed by atoms with E-state index in [1.54, 1.807) is 20.8 Å². The SMILES string of the molecule is CC[C@H]1NC(=O)[C@H](C(C)C(O)CO)NC(=O)[C@@H]2C[C@@H](O)CN2C(=O)[C@H](CC(N)=O)NC(=O)NC(=O)CNC(=O)[C@H]([C@@H](C)CC)CNC(=O)CNC1=O. The molecule has 0 radical (unpaired) electrons. The van der Waals surface area contributed by atoms with E-state index in [-0.39, 0.29) is 25.3 Å². The van der Waals surface area contributed by atoms with Crippen molar-refractivity contribution in [2.24, 2.45) is 23.5 Å². The smallest absolute Gasteiger partial charge is 0.322 e. The number of hydrogen-bond donors (Lipinski definition) is 11. The number of aliphatic hydroxyl groups is 3. The van der Waals surface area contributed by atoms with Gasteiger partial charge in [-0.15, -0.1) is 0 Å². The molecule has 52 heavy (non-hydrogen) atoms. The number of amides is 10. The Balaban J connectivity index is 2.51. The molecule has 2 unspecified atom stereocenters. The Kier molecular flexibility index (Phi) is 16.8. The third-order valence-corrected chi connectivity index (χ3v) is 9.10. The summed E-state index contributed by atoms with van der Waals surface area (Å²) in [6, 6.07) is -7.32. The van der Waals surface area contributed by atoms with E-state index in [4.69, 9.17) is 5.73 Å². The highest BCUT2D eigenvalue weighted by Crippen LogP contribution is 2.21. The van der Waals surface area contributed by atoms with E-state index >= 15 is 0 Å². The maximum atomic E-state index is 13.7. The van der Waals surface area contributed by atoms with Gasteiger partial charge in [0.05, 0.1) is 44.2 Å². The van der Waals surface area contributed by atoms with Gasteiger partial charge in [-0.1, -0.05) is 34.1 Å². The van der Waals surface area contributed by atoms with Crippen molar-refractivity contribution in [2.45, 2.75) is 89.8 Å². The third-order valence-electron chi connectivity index (χ3n) is 9.10. The number of imide groups is 1. The summed E-state index contributed by atoms with van der Waals surface area (Å²) in [7, 11) is 0. The molecule has 0 aliphatic carbocycles. The number of fused-ring (bicyclic) bond motifs is 1. The molecule has 2 saturated heterocycles. The Morgan fingerprint density at radius 2 is 1.50 bits per heavy atom. The van der Waals surface area contributed by atoms with Gasteiger partial charge in [-0.25, -0.2) is 4.79 Å². The number of rotatable bonds is 8. The van der Waals surface area contributed by atoms with Crippen LogP contribution in [0, 0.1) is 17.8 Å². The van der Waals surface area contributed by atoms with Crippen molar-refractivity contribution < 1.29 is 58.5 Å². The molecule has 2 aliphatic heterocycles. The van der Waals surface area contributed by atoms with Gasteiger partial charge in [0.15, 0.2) is 0 Å². The second-order valence-corrected chi connectivity index (χ2v) is 12.9. The molecule has 0 saturated carbocycles. The summed E-state index contributed by atoms with van der Waals surface area (Å²) >= 11 is 0.